The van der Waals surface area contributed by atoms with E-state index in [1.807, 2.05) is 12.3 Å². The second-order valence-corrected chi connectivity index (χ2v) is 4.46. The number of hydrogen-bond acceptors (Lipinski definition) is 3. The van der Waals surface area contributed by atoms with Crippen molar-refractivity contribution in [2.75, 3.05) is 32.7 Å². The van der Waals surface area contributed by atoms with Gasteiger partial charge in [0.25, 0.3) is 0 Å². The molecular formula is C12H22N4. The summed E-state index contributed by atoms with van der Waals surface area (Å²) in [7, 11) is 0. The molecule has 3 N–H and O–H groups in total. The zero-order valence-corrected chi connectivity index (χ0v) is 10.00. The molecule has 1 aliphatic heterocycles. The molecule has 1 fully saturated rings. The quantitative estimate of drug-likeness (QED) is 0.675. The molecule has 4 heteroatoms. The normalized spacial score (nSPS) is 19.8. The first-order chi connectivity index (χ1) is 7.86. The fourth-order valence-corrected chi connectivity index (χ4v) is 2.15. The Bertz CT molecular complexity index is 277. The van der Waals surface area contributed by atoms with E-state index in [2.05, 4.69) is 33.5 Å². The van der Waals surface area contributed by atoms with Gasteiger partial charge >= 0.3 is 0 Å². The summed E-state index contributed by atoms with van der Waals surface area (Å²) < 4.78 is 0. The first-order valence-electron chi connectivity index (χ1n) is 6.14. The highest BCUT2D eigenvalue weighted by molar-refractivity contribution is 5.02. The van der Waals surface area contributed by atoms with Crippen LogP contribution in [0.2, 0.25) is 0 Å². The second-order valence-electron chi connectivity index (χ2n) is 4.46. The highest BCUT2D eigenvalue weighted by atomic mass is 15.2. The topological polar surface area (TPSA) is 43.1 Å². The molecule has 1 saturated heterocycles. The van der Waals surface area contributed by atoms with Crippen molar-refractivity contribution < 1.29 is 0 Å². The monoisotopic (exact) mass is 222 g/mol. The number of H-pyrrole nitrogens is 1. The minimum atomic E-state index is 0.622. The van der Waals surface area contributed by atoms with Gasteiger partial charge in [-0.3, -0.25) is 4.90 Å². The van der Waals surface area contributed by atoms with Crippen molar-refractivity contribution in [3.63, 3.8) is 0 Å². The lowest BCUT2D eigenvalue weighted by Crippen LogP contribution is -2.50. The van der Waals surface area contributed by atoms with Crippen LogP contribution in [0.15, 0.2) is 18.3 Å². The van der Waals surface area contributed by atoms with Crippen molar-refractivity contribution in [2.45, 2.75) is 19.5 Å². The van der Waals surface area contributed by atoms with Gasteiger partial charge < -0.3 is 15.6 Å². The Morgan fingerprint density at radius 1 is 1.44 bits per heavy atom. The predicted octanol–water partition coefficient (Wildman–Crippen LogP) is 0.398. The SMILES string of the molecule is CC(CNCc1ccc[nH]1)N1CCNCC1. The Morgan fingerprint density at radius 2 is 2.25 bits per heavy atom. The Kier molecular flexibility index (Phi) is 4.39. The zero-order valence-electron chi connectivity index (χ0n) is 10.00. The van der Waals surface area contributed by atoms with Crippen LogP contribution in [0.5, 0.6) is 0 Å². The van der Waals surface area contributed by atoms with Crippen molar-refractivity contribution in [2.24, 2.45) is 0 Å². The number of aromatic amines is 1. The molecule has 1 unspecified atom stereocenters. The summed E-state index contributed by atoms with van der Waals surface area (Å²) in [6.07, 6.45) is 1.97. The van der Waals surface area contributed by atoms with E-state index in [-0.39, 0.29) is 0 Å². The lowest BCUT2D eigenvalue weighted by Gasteiger charge is -2.32. The van der Waals surface area contributed by atoms with Crippen molar-refractivity contribution in [3.05, 3.63) is 24.0 Å². The molecule has 0 aliphatic carbocycles. The summed E-state index contributed by atoms with van der Waals surface area (Å²) in [5.41, 5.74) is 1.26. The molecule has 0 spiro atoms. The van der Waals surface area contributed by atoms with Gasteiger partial charge in [0.1, 0.15) is 0 Å². The molecule has 1 aromatic rings. The summed E-state index contributed by atoms with van der Waals surface area (Å²) in [4.78, 5) is 5.74. The third-order valence-electron chi connectivity index (χ3n) is 3.19. The summed E-state index contributed by atoms with van der Waals surface area (Å²) in [6.45, 7) is 8.88. The first-order valence-corrected chi connectivity index (χ1v) is 6.14. The van der Waals surface area contributed by atoms with Gasteiger partial charge in [0.05, 0.1) is 0 Å². The molecule has 0 radical (unpaired) electrons. The molecule has 1 aliphatic rings. The third-order valence-corrected chi connectivity index (χ3v) is 3.19. The lowest BCUT2D eigenvalue weighted by atomic mass is 10.2. The second kappa shape index (κ2) is 6.03. The van der Waals surface area contributed by atoms with Crippen LogP contribution in [-0.2, 0) is 6.54 Å². The molecule has 4 nitrogen and oxygen atoms in total. The molecule has 90 valence electrons. The van der Waals surface area contributed by atoms with Crippen molar-refractivity contribution in [3.8, 4) is 0 Å². The van der Waals surface area contributed by atoms with Crippen LogP contribution in [0, 0.1) is 0 Å². The van der Waals surface area contributed by atoms with Gasteiger partial charge in [-0.1, -0.05) is 0 Å². The molecule has 2 rings (SSSR count). The van der Waals surface area contributed by atoms with Crippen molar-refractivity contribution in [1.82, 2.24) is 20.5 Å². The lowest BCUT2D eigenvalue weighted by molar-refractivity contribution is 0.180. The number of aromatic nitrogens is 1. The van der Waals surface area contributed by atoms with Crippen molar-refractivity contribution >= 4 is 0 Å². The average Bonchev–Trinajstić information content (AvgIpc) is 2.83. The number of nitrogens with one attached hydrogen (secondary N) is 3. The van der Waals surface area contributed by atoms with Crippen LogP contribution < -0.4 is 10.6 Å². The van der Waals surface area contributed by atoms with Crippen LogP contribution >= 0.6 is 0 Å². The van der Waals surface area contributed by atoms with E-state index >= 15 is 0 Å². The van der Waals surface area contributed by atoms with E-state index < -0.39 is 0 Å². The van der Waals surface area contributed by atoms with E-state index in [4.69, 9.17) is 0 Å². The maximum absolute atomic E-state index is 3.49. The summed E-state index contributed by atoms with van der Waals surface area (Å²) in [6, 6.07) is 4.77. The molecule has 0 amide bonds. The fourth-order valence-electron chi connectivity index (χ4n) is 2.15. The number of hydrogen-bond donors (Lipinski definition) is 3. The van der Waals surface area contributed by atoms with Crippen molar-refractivity contribution in [1.29, 1.82) is 0 Å². The van der Waals surface area contributed by atoms with Crippen LogP contribution in [0.4, 0.5) is 0 Å². The molecular weight excluding hydrogens is 200 g/mol. The minimum absolute atomic E-state index is 0.622. The smallest absolute Gasteiger partial charge is 0.0357 e. The molecule has 0 aromatic carbocycles. The Morgan fingerprint density at radius 3 is 2.94 bits per heavy atom. The Labute approximate surface area is 97.4 Å². The Hall–Kier alpha value is -0.840. The summed E-state index contributed by atoms with van der Waals surface area (Å²) >= 11 is 0. The van der Waals surface area contributed by atoms with E-state index in [9.17, 15) is 0 Å². The van der Waals surface area contributed by atoms with Gasteiger partial charge in [-0.2, -0.15) is 0 Å². The highest BCUT2D eigenvalue weighted by Gasteiger charge is 2.15. The maximum atomic E-state index is 3.49. The van der Waals surface area contributed by atoms with Crippen LogP contribution in [0.25, 0.3) is 0 Å². The van der Waals surface area contributed by atoms with Gasteiger partial charge in [0, 0.05) is 57.2 Å². The molecule has 0 bridgehead atoms. The number of rotatable bonds is 5. The third kappa shape index (κ3) is 3.33. The summed E-state index contributed by atoms with van der Waals surface area (Å²) in [5.74, 6) is 0. The highest BCUT2D eigenvalue weighted by Crippen LogP contribution is 2.00. The van der Waals surface area contributed by atoms with Gasteiger partial charge in [0.15, 0.2) is 0 Å². The molecule has 1 aromatic heterocycles. The van der Waals surface area contributed by atoms with Crippen LogP contribution in [0.1, 0.15) is 12.6 Å². The number of nitrogens with zero attached hydrogens (tertiary/aromatic N) is 1. The van der Waals surface area contributed by atoms with E-state index in [0.717, 1.165) is 26.2 Å². The molecule has 2 heterocycles. The van der Waals surface area contributed by atoms with Gasteiger partial charge in [-0.15, -0.1) is 0 Å². The maximum Gasteiger partial charge on any atom is 0.0357 e. The van der Waals surface area contributed by atoms with E-state index in [1.165, 1.54) is 18.8 Å². The van der Waals surface area contributed by atoms with Gasteiger partial charge in [0.2, 0.25) is 0 Å². The standard InChI is InChI=1S/C12H22N4/c1-11(16-7-5-13-6-8-16)9-14-10-12-3-2-4-15-12/h2-4,11,13-15H,5-10H2,1H3. The molecule has 16 heavy (non-hydrogen) atoms. The number of piperazine rings is 1. The first kappa shape index (κ1) is 11.6. The van der Waals surface area contributed by atoms with E-state index in [1.54, 1.807) is 0 Å². The Balaban J connectivity index is 1.65. The predicted molar refractivity (Wildman–Crippen MR) is 66.4 cm³/mol. The largest absolute Gasteiger partial charge is 0.364 e. The summed E-state index contributed by atoms with van der Waals surface area (Å²) in [5, 5.41) is 6.87. The molecule has 0 saturated carbocycles. The minimum Gasteiger partial charge on any atom is -0.364 e. The average molecular weight is 222 g/mol. The molecule has 1 atom stereocenters. The van der Waals surface area contributed by atoms with Gasteiger partial charge in [-0.25, -0.2) is 0 Å². The van der Waals surface area contributed by atoms with Crippen LogP contribution in [-0.4, -0.2) is 48.6 Å². The van der Waals surface area contributed by atoms with Gasteiger partial charge in [-0.05, 0) is 19.1 Å². The zero-order chi connectivity index (χ0) is 11.2. The van der Waals surface area contributed by atoms with E-state index in [0.29, 0.717) is 6.04 Å². The fraction of sp³-hybridized carbons (Fsp3) is 0.667. The van der Waals surface area contributed by atoms with Crippen LogP contribution in [0.3, 0.4) is 0 Å².